The van der Waals surface area contributed by atoms with Crippen LogP contribution < -0.4 is 4.74 Å². The second kappa shape index (κ2) is 5.38. The van der Waals surface area contributed by atoms with Gasteiger partial charge < -0.3 is 4.74 Å². The van der Waals surface area contributed by atoms with Crippen LogP contribution in [0.15, 0.2) is 24.3 Å². The summed E-state index contributed by atoms with van der Waals surface area (Å²) < 4.78 is 5.23. The van der Waals surface area contributed by atoms with E-state index >= 15 is 0 Å². The summed E-state index contributed by atoms with van der Waals surface area (Å²) in [7, 11) is 1.74. The Kier molecular flexibility index (Phi) is 3.63. The summed E-state index contributed by atoms with van der Waals surface area (Å²) in [6.45, 7) is 0.959. The largest absolute Gasteiger partial charge is 0.497 e. The highest BCUT2D eigenvalue weighted by molar-refractivity contribution is 6.62. The molecule has 3 rings (SSSR count). The molecule has 1 aromatic rings. The zero-order chi connectivity index (χ0) is 12.4. The van der Waals surface area contributed by atoms with Crippen molar-refractivity contribution < 1.29 is 4.74 Å². The van der Waals surface area contributed by atoms with Crippen molar-refractivity contribution in [1.82, 2.24) is 0 Å². The molecule has 2 aliphatic rings. The van der Waals surface area contributed by atoms with Gasteiger partial charge in [-0.15, -0.1) is 0 Å². The molecular weight excluding hydrogens is 219 g/mol. The Balaban J connectivity index is 1.70. The summed E-state index contributed by atoms with van der Waals surface area (Å²) in [6, 6.07) is 8.72. The van der Waals surface area contributed by atoms with E-state index in [1.54, 1.807) is 7.11 Å². The molecule has 0 saturated carbocycles. The van der Waals surface area contributed by atoms with E-state index in [4.69, 9.17) is 4.74 Å². The van der Waals surface area contributed by atoms with E-state index in [1.807, 2.05) is 0 Å². The molecule has 18 heavy (non-hydrogen) atoms. The minimum absolute atomic E-state index is 0.959. The van der Waals surface area contributed by atoms with Gasteiger partial charge in [0.05, 0.1) is 7.11 Å². The summed E-state index contributed by atoms with van der Waals surface area (Å²) >= 11 is 0. The molecule has 96 valence electrons. The van der Waals surface area contributed by atoms with Crippen LogP contribution in [0.5, 0.6) is 5.75 Å². The molecule has 2 bridgehead atoms. The molecule has 0 atom stereocenters. The summed E-state index contributed by atoms with van der Waals surface area (Å²) in [4.78, 5) is 0. The van der Waals surface area contributed by atoms with Crippen LogP contribution in [0.3, 0.4) is 0 Å². The van der Waals surface area contributed by atoms with Crippen molar-refractivity contribution in [2.45, 2.75) is 56.5 Å². The highest BCUT2D eigenvalue weighted by atomic mass is 16.5. The second-order valence-corrected chi connectivity index (χ2v) is 6.10. The molecule has 0 N–H and O–H groups in total. The highest BCUT2D eigenvalue weighted by Gasteiger charge is 2.38. The van der Waals surface area contributed by atoms with Gasteiger partial charge in [-0.05, 0) is 18.5 Å². The van der Waals surface area contributed by atoms with E-state index in [0.29, 0.717) is 0 Å². The van der Waals surface area contributed by atoms with E-state index < -0.39 is 0 Å². The molecule has 0 aliphatic carbocycles. The molecule has 2 fully saturated rings. The number of hydrogen-bond acceptors (Lipinski definition) is 1. The third kappa shape index (κ3) is 2.43. The SMILES string of the molecule is COc1ccc(CB2C3CCCC2CCC3)cc1. The van der Waals surface area contributed by atoms with Crippen LogP contribution in [0.1, 0.15) is 44.1 Å². The summed E-state index contributed by atoms with van der Waals surface area (Å²) in [5.74, 6) is 3.00. The van der Waals surface area contributed by atoms with Gasteiger partial charge in [-0.2, -0.15) is 0 Å². The quantitative estimate of drug-likeness (QED) is 0.714. The monoisotopic (exact) mass is 242 g/mol. The number of ether oxygens (including phenoxy) is 1. The molecule has 0 amide bonds. The van der Waals surface area contributed by atoms with Crippen molar-refractivity contribution in [2.75, 3.05) is 7.11 Å². The number of benzene rings is 1. The first-order valence-electron chi connectivity index (χ1n) is 7.50. The second-order valence-electron chi connectivity index (χ2n) is 6.10. The smallest absolute Gasteiger partial charge is 0.150 e. The van der Waals surface area contributed by atoms with Gasteiger partial charge in [0, 0.05) is 0 Å². The maximum Gasteiger partial charge on any atom is 0.150 e. The lowest BCUT2D eigenvalue weighted by atomic mass is 9.25. The fourth-order valence-corrected chi connectivity index (χ4v) is 4.18. The maximum atomic E-state index is 5.23. The molecule has 0 radical (unpaired) electrons. The van der Waals surface area contributed by atoms with Crippen LogP contribution >= 0.6 is 0 Å². The Morgan fingerprint density at radius 2 is 1.56 bits per heavy atom. The van der Waals surface area contributed by atoms with E-state index in [-0.39, 0.29) is 0 Å². The van der Waals surface area contributed by atoms with Gasteiger partial charge in [-0.1, -0.05) is 67.9 Å². The molecule has 2 aliphatic heterocycles. The standard InChI is InChI=1S/C16H23BO/c1-18-16-10-8-13(9-11-16)12-17-14-4-2-5-15(17)7-3-6-14/h8-11,14-15H,2-7,12H2,1H3. The minimum Gasteiger partial charge on any atom is -0.497 e. The number of fused-ring (bicyclic) bond motifs is 2. The third-order valence-electron chi connectivity index (χ3n) is 5.14. The lowest BCUT2D eigenvalue weighted by molar-refractivity contribution is 0.414. The van der Waals surface area contributed by atoms with Gasteiger partial charge in [0.15, 0.2) is 6.71 Å². The van der Waals surface area contributed by atoms with Crippen molar-refractivity contribution in [3.63, 3.8) is 0 Å². The molecule has 2 saturated heterocycles. The van der Waals surface area contributed by atoms with Crippen LogP contribution in [0.25, 0.3) is 0 Å². The minimum atomic E-state index is 0.959. The van der Waals surface area contributed by atoms with Crippen molar-refractivity contribution in [3.05, 3.63) is 29.8 Å². The van der Waals surface area contributed by atoms with Crippen molar-refractivity contribution in [1.29, 1.82) is 0 Å². The molecule has 0 unspecified atom stereocenters. The van der Waals surface area contributed by atoms with E-state index in [9.17, 15) is 0 Å². The topological polar surface area (TPSA) is 9.23 Å². The molecule has 2 heteroatoms. The lowest BCUT2D eigenvalue weighted by Gasteiger charge is -2.40. The number of hydrogen-bond donors (Lipinski definition) is 0. The van der Waals surface area contributed by atoms with Gasteiger partial charge in [-0.3, -0.25) is 0 Å². The Labute approximate surface area is 111 Å². The van der Waals surface area contributed by atoms with Gasteiger partial charge >= 0.3 is 0 Å². The average Bonchev–Trinajstić information content (AvgIpc) is 2.39. The first kappa shape index (κ1) is 12.1. The summed E-state index contributed by atoms with van der Waals surface area (Å²) in [5, 5.41) is 0. The first-order chi connectivity index (χ1) is 8.86. The molecule has 2 heterocycles. The van der Waals surface area contributed by atoms with Crippen molar-refractivity contribution in [2.24, 2.45) is 0 Å². The van der Waals surface area contributed by atoms with E-state index in [2.05, 4.69) is 24.3 Å². The fourth-order valence-electron chi connectivity index (χ4n) is 4.18. The average molecular weight is 242 g/mol. The lowest BCUT2D eigenvalue weighted by Crippen LogP contribution is -2.36. The highest BCUT2D eigenvalue weighted by Crippen LogP contribution is 2.47. The first-order valence-corrected chi connectivity index (χ1v) is 7.50. The van der Waals surface area contributed by atoms with Crippen LogP contribution in [0.2, 0.25) is 11.6 Å². The van der Waals surface area contributed by atoms with Gasteiger partial charge in [0.25, 0.3) is 0 Å². The molecule has 1 nitrogen and oxygen atoms in total. The zero-order valence-electron chi connectivity index (χ0n) is 11.4. The molecule has 0 aromatic heterocycles. The van der Waals surface area contributed by atoms with Gasteiger partial charge in [-0.25, -0.2) is 0 Å². The molecular formula is C16H23BO. The molecule has 1 aromatic carbocycles. The van der Waals surface area contributed by atoms with E-state index in [1.165, 1.54) is 50.4 Å². The Bertz CT molecular complexity index is 365. The molecule has 0 spiro atoms. The van der Waals surface area contributed by atoms with Gasteiger partial charge in [0.2, 0.25) is 0 Å². The number of methoxy groups -OCH3 is 1. The summed E-state index contributed by atoms with van der Waals surface area (Å²) in [6.07, 6.45) is 10.2. The van der Waals surface area contributed by atoms with Crippen LogP contribution in [-0.4, -0.2) is 13.8 Å². The maximum absolute atomic E-state index is 5.23. The van der Waals surface area contributed by atoms with Crippen LogP contribution in [-0.2, 0) is 6.32 Å². The third-order valence-corrected chi connectivity index (χ3v) is 5.14. The zero-order valence-corrected chi connectivity index (χ0v) is 11.4. The predicted octanol–water partition coefficient (Wildman–Crippen LogP) is 4.38. The Morgan fingerprint density at radius 3 is 2.06 bits per heavy atom. The van der Waals surface area contributed by atoms with E-state index in [0.717, 1.165) is 24.1 Å². The fraction of sp³-hybridized carbons (Fsp3) is 0.625. The Hall–Kier alpha value is -0.915. The van der Waals surface area contributed by atoms with Gasteiger partial charge in [0.1, 0.15) is 5.75 Å². The van der Waals surface area contributed by atoms with Crippen LogP contribution in [0.4, 0.5) is 0 Å². The van der Waals surface area contributed by atoms with Crippen molar-refractivity contribution in [3.8, 4) is 5.75 Å². The van der Waals surface area contributed by atoms with Crippen LogP contribution in [0, 0.1) is 0 Å². The summed E-state index contributed by atoms with van der Waals surface area (Å²) in [5.41, 5.74) is 1.50. The predicted molar refractivity (Wildman–Crippen MR) is 77.7 cm³/mol. The number of rotatable bonds is 3. The van der Waals surface area contributed by atoms with Crippen molar-refractivity contribution >= 4 is 6.71 Å². The Morgan fingerprint density at radius 1 is 1.00 bits per heavy atom. The normalized spacial score (nSPS) is 27.1.